The zero-order valence-electron chi connectivity index (χ0n) is 38.6. The van der Waals surface area contributed by atoms with Crippen LogP contribution in [0.2, 0.25) is 0 Å². The van der Waals surface area contributed by atoms with Crippen molar-refractivity contribution in [2.75, 3.05) is 37.8 Å². The molecule has 1 saturated heterocycles. The molecule has 7 atom stereocenters. The predicted octanol–water partition coefficient (Wildman–Crippen LogP) is 2.28. The molecule has 0 spiro atoms. The Hall–Kier alpha value is -3.48. The van der Waals surface area contributed by atoms with Gasteiger partial charge in [-0.2, -0.15) is 0 Å². The van der Waals surface area contributed by atoms with E-state index >= 15 is 0 Å². The lowest BCUT2D eigenvalue weighted by Gasteiger charge is -2.36. The molecular weight excluding hydrogens is 987 g/mol. The van der Waals surface area contributed by atoms with Crippen molar-refractivity contribution < 1.29 is 80.5 Å². The van der Waals surface area contributed by atoms with Gasteiger partial charge in [-0.25, -0.2) is 19.3 Å². The largest absolute Gasteiger partial charge is 0.790 e. The second kappa shape index (κ2) is 29.8. The minimum absolute atomic E-state index is 0.000709. The maximum atomic E-state index is 12.6. The van der Waals surface area contributed by atoms with Crippen LogP contribution in [0.3, 0.4) is 0 Å². The van der Waals surface area contributed by atoms with Crippen LogP contribution in [0.1, 0.15) is 97.6 Å². The lowest BCUT2D eigenvalue weighted by Crippen LogP contribution is -2.46. The molecule has 2 amide bonds. The Morgan fingerprint density at radius 2 is 1.52 bits per heavy atom. The van der Waals surface area contributed by atoms with Crippen LogP contribution in [-0.2, 0) is 50.7 Å². The zero-order chi connectivity index (χ0) is 51.1. The van der Waals surface area contributed by atoms with Gasteiger partial charge in [0.2, 0.25) is 11.8 Å². The van der Waals surface area contributed by atoms with Crippen molar-refractivity contribution >= 4 is 69.1 Å². The van der Waals surface area contributed by atoms with Gasteiger partial charge in [-0.1, -0.05) is 94.0 Å². The third-order valence-electron chi connectivity index (χ3n) is 9.95. The van der Waals surface area contributed by atoms with Gasteiger partial charge < -0.3 is 69.0 Å². The van der Waals surface area contributed by atoms with Crippen LogP contribution in [-0.4, -0.2) is 103 Å². The number of thioether (sulfide) groups is 1. The van der Waals surface area contributed by atoms with Crippen molar-refractivity contribution in [3.8, 4) is 0 Å². The van der Waals surface area contributed by atoms with E-state index in [0.717, 1.165) is 61.1 Å². The van der Waals surface area contributed by atoms with E-state index in [-0.39, 0.29) is 41.6 Å². The van der Waals surface area contributed by atoms with Gasteiger partial charge >= 0.3 is 0 Å². The molecule has 0 aliphatic carbocycles. The number of nitrogens with two attached hydrogens (primary N) is 1. The minimum atomic E-state index is -5.92. The number of unbranched alkanes of at least 4 members (excludes halogenated alkanes) is 4. The number of allylic oxidation sites excluding steroid dienone is 8. The fourth-order valence-electron chi connectivity index (χ4n) is 6.27. The predicted molar refractivity (Wildman–Crippen MR) is 247 cm³/mol. The molecule has 3 rings (SSSR count). The molecule has 2 aromatic heterocycles. The average molecular weight is 1050 g/mol. The Balaban J connectivity index is 1.31. The highest BCUT2D eigenvalue weighted by atomic mass is 32.2. The molecule has 388 valence electrons. The van der Waals surface area contributed by atoms with Crippen LogP contribution in [0, 0.1) is 5.41 Å². The maximum absolute atomic E-state index is 12.6. The van der Waals surface area contributed by atoms with E-state index in [4.69, 9.17) is 10.5 Å². The molecule has 28 heteroatoms. The van der Waals surface area contributed by atoms with Crippen molar-refractivity contribution in [1.29, 1.82) is 0 Å². The Morgan fingerprint density at radius 3 is 2.16 bits per heavy atom. The summed E-state index contributed by atoms with van der Waals surface area (Å²) in [6.07, 6.45) is 19.0. The summed E-state index contributed by atoms with van der Waals surface area (Å²) in [6, 6.07) is 0. The summed E-state index contributed by atoms with van der Waals surface area (Å²) in [6.45, 7) is 2.31. The molecule has 2 aromatic rings. The maximum Gasteiger partial charge on any atom is 0.274 e. The quantitative estimate of drug-likeness (QED) is 0.0389. The number of ether oxygens (including phenoxy) is 1. The van der Waals surface area contributed by atoms with Crippen LogP contribution in [0.25, 0.3) is 11.2 Å². The first-order chi connectivity index (χ1) is 32.6. The van der Waals surface area contributed by atoms with Gasteiger partial charge in [-0.3, -0.25) is 28.1 Å². The average Bonchev–Trinajstić information content (AvgIpc) is 3.84. The summed E-state index contributed by atoms with van der Waals surface area (Å²) in [5.74, 6) is -1.20. The Labute approximate surface area is 405 Å². The first-order valence-electron chi connectivity index (χ1n) is 22.1. The number of amides is 2. The number of hydrogen-bond donors (Lipinski definition) is 5. The number of nitrogens with one attached hydrogen (secondary N) is 2. The van der Waals surface area contributed by atoms with Crippen LogP contribution in [0.15, 0.2) is 61.3 Å². The summed E-state index contributed by atoms with van der Waals surface area (Å²) >= 11 is 1.10. The van der Waals surface area contributed by atoms with E-state index in [1.165, 1.54) is 33.1 Å². The molecule has 1 aliphatic rings. The number of aliphatic hydroxyl groups is 2. The van der Waals surface area contributed by atoms with E-state index < -0.39 is 84.6 Å². The molecule has 0 radical (unpaired) electrons. The second-order valence-electron chi connectivity index (χ2n) is 16.2. The van der Waals surface area contributed by atoms with Crippen molar-refractivity contribution in [1.82, 2.24) is 30.2 Å². The molecule has 0 bridgehead atoms. The monoisotopic (exact) mass is 1050 g/mol. The summed E-state index contributed by atoms with van der Waals surface area (Å²) in [5.41, 5.74) is 4.08. The first-order valence-corrected chi connectivity index (χ1v) is 27.5. The van der Waals surface area contributed by atoms with E-state index in [1.54, 1.807) is 0 Å². The number of hydrogen-bond acceptors (Lipinski definition) is 22. The number of phosphoric ester groups is 3. The third kappa shape index (κ3) is 22.6. The molecule has 69 heavy (non-hydrogen) atoms. The molecule has 0 saturated carbocycles. The number of fused-ring (bicyclic) bond motifs is 1. The van der Waals surface area contributed by atoms with E-state index in [2.05, 4.69) is 92.9 Å². The summed E-state index contributed by atoms with van der Waals surface area (Å²) in [4.78, 5) is 96.8. The van der Waals surface area contributed by atoms with E-state index in [9.17, 15) is 57.9 Å². The number of nitrogens with zero attached hydrogens (tertiary/aromatic N) is 4. The van der Waals surface area contributed by atoms with Crippen molar-refractivity contribution in [3.63, 3.8) is 0 Å². The Bertz CT molecular complexity index is 2220. The molecule has 6 N–H and O–H groups in total. The molecule has 3 heterocycles. The number of imidazole rings is 1. The SMILES string of the molecule is CCCCC/C=C\C/C=C\C/C=C\C/C=C\CCCC(=O)SCCNC(=O)CCNC(=O)[C@H](O)C(C)(C)COP(=O)([O-])OP(=O)([O-])OC[C@H]1O[C@@H](n2cnc3c(N)ncnc32)[C@H](O)[C@@H]1OP(=O)([O-])[O-]. The van der Waals surface area contributed by atoms with Gasteiger partial charge in [0.15, 0.2) is 22.8 Å². The Morgan fingerprint density at radius 1 is 0.899 bits per heavy atom. The first kappa shape index (κ1) is 59.8. The van der Waals surface area contributed by atoms with Gasteiger partial charge in [0.05, 0.1) is 27.4 Å². The normalized spacial score (nSPS) is 20.3. The lowest BCUT2D eigenvalue weighted by molar-refractivity contribution is -0.347. The number of phosphoric acid groups is 3. The molecule has 1 aliphatic heterocycles. The summed E-state index contributed by atoms with van der Waals surface area (Å²) < 4.78 is 60.8. The van der Waals surface area contributed by atoms with Gasteiger partial charge in [0.25, 0.3) is 15.6 Å². The second-order valence-corrected chi connectivity index (χ2v) is 21.4. The number of nitrogen functional groups attached to an aromatic ring is 1. The molecule has 2 unspecified atom stereocenters. The standard InChI is InChI=1S/C41H66N7O17P3S/c1-4-5-6-7-8-9-10-11-12-13-14-15-16-17-18-19-20-21-32(50)69-25-24-43-31(49)22-23-44-39(53)36(52)41(2,3)27-62-68(59,60)65-67(57,58)61-26-30-35(64-66(54,55)56)34(51)40(63-30)48-29-47-33-37(42)45-28-46-38(33)48/h8-9,11-12,14-15,17-18,28-30,34-36,40,51-52H,4-7,10,13,16,19-27H2,1-3H3,(H,43,49)(H,44,53)(H,57,58)(H,59,60)(H2,42,45,46)(H2,54,55,56)/p-4/b9-8-,12-11-,15-14-,18-17-/t30-,34-,35-,36+,40-/m1/s1. The number of anilines is 1. The van der Waals surface area contributed by atoms with Crippen LogP contribution >= 0.6 is 35.2 Å². The highest BCUT2D eigenvalue weighted by Gasteiger charge is 2.47. The Kier molecular flexibility index (Phi) is 25.8. The molecule has 24 nitrogen and oxygen atoms in total. The topological polar surface area (TPSA) is 375 Å². The summed E-state index contributed by atoms with van der Waals surface area (Å²) in [5, 5.41) is 26.4. The zero-order valence-corrected chi connectivity index (χ0v) is 42.1. The van der Waals surface area contributed by atoms with Gasteiger partial charge in [0.1, 0.15) is 36.3 Å². The fraction of sp³-hybridized carbons (Fsp3) is 0.610. The van der Waals surface area contributed by atoms with Crippen molar-refractivity contribution in [2.45, 2.75) is 122 Å². The van der Waals surface area contributed by atoms with Crippen LogP contribution < -0.4 is 35.9 Å². The minimum Gasteiger partial charge on any atom is -0.790 e. The number of carbonyl (C=O) groups excluding carboxylic acids is 3. The van der Waals surface area contributed by atoms with E-state index in [0.29, 0.717) is 18.6 Å². The van der Waals surface area contributed by atoms with Crippen LogP contribution in [0.4, 0.5) is 5.82 Å². The number of aliphatic hydroxyl groups excluding tert-OH is 2. The number of aromatic nitrogens is 4. The number of carbonyl (C=O) groups is 3. The highest BCUT2D eigenvalue weighted by molar-refractivity contribution is 8.13. The smallest absolute Gasteiger partial charge is 0.274 e. The van der Waals surface area contributed by atoms with Gasteiger partial charge in [-0.05, 0) is 44.9 Å². The van der Waals surface area contributed by atoms with Crippen LogP contribution in [0.5, 0.6) is 0 Å². The molecular formula is C41H62N7O17P3S-4. The van der Waals surface area contributed by atoms with Gasteiger partial charge in [-0.15, -0.1) is 0 Å². The number of rotatable bonds is 33. The van der Waals surface area contributed by atoms with Crippen molar-refractivity contribution in [2.24, 2.45) is 5.41 Å². The van der Waals surface area contributed by atoms with Gasteiger partial charge in [0, 0.05) is 37.1 Å². The lowest BCUT2D eigenvalue weighted by atomic mass is 9.87. The fourth-order valence-corrected chi connectivity index (χ4v) is 9.73. The molecule has 1 fully saturated rings. The molecule has 0 aromatic carbocycles. The van der Waals surface area contributed by atoms with Crippen molar-refractivity contribution in [3.05, 3.63) is 61.3 Å². The highest BCUT2D eigenvalue weighted by Crippen LogP contribution is 2.56. The third-order valence-corrected chi connectivity index (χ3v) is 13.9. The van der Waals surface area contributed by atoms with E-state index in [1.807, 2.05) is 6.08 Å². The summed E-state index contributed by atoms with van der Waals surface area (Å²) in [7, 11) is -17.6.